The molecule has 6 heteroatoms. The van der Waals surface area contributed by atoms with Crippen LogP contribution >= 0.6 is 11.3 Å². The van der Waals surface area contributed by atoms with Crippen LogP contribution in [0.1, 0.15) is 49.6 Å². The Morgan fingerprint density at radius 3 is 2.92 bits per heavy atom. The van der Waals surface area contributed by atoms with Gasteiger partial charge >= 0.3 is 0 Å². The van der Waals surface area contributed by atoms with Gasteiger partial charge in [-0.25, -0.2) is 4.98 Å². The number of aromatic nitrogens is 1. The van der Waals surface area contributed by atoms with Crippen molar-refractivity contribution in [1.82, 2.24) is 9.88 Å². The number of carbonyl (C=O) groups excluding carboxylic acids is 2. The fraction of sp³-hybridized carbons (Fsp3) is 0.421. The molecule has 1 aromatic heterocycles. The third-order valence-electron chi connectivity index (χ3n) is 4.64. The molecular formula is C19H23N3O2S. The Hall–Kier alpha value is -2.21. The molecule has 0 aliphatic carbocycles. The van der Waals surface area contributed by atoms with Crippen molar-refractivity contribution in [2.45, 2.75) is 33.1 Å². The number of aryl methyl sites for hydroxylation is 2. The van der Waals surface area contributed by atoms with Crippen LogP contribution in [0.5, 0.6) is 0 Å². The molecule has 1 saturated heterocycles. The molecule has 1 atom stereocenters. The fourth-order valence-electron chi connectivity index (χ4n) is 3.39. The molecule has 2 aromatic rings. The predicted molar refractivity (Wildman–Crippen MR) is 98.9 cm³/mol. The average Bonchev–Trinajstić information content (AvgIpc) is 3.20. The predicted octanol–water partition coefficient (Wildman–Crippen LogP) is 2.82. The number of hydrogen-bond donors (Lipinski definition) is 1. The minimum Gasteiger partial charge on any atom is -0.366 e. The second kappa shape index (κ2) is 7.35. The minimum absolute atomic E-state index is 0.107. The highest BCUT2D eigenvalue weighted by Gasteiger charge is 2.29. The first-order valence-electron chi connectivity index (χ1n) is 8.62. The molecule has 0 radical (unpaired) electrons. The molecule has 1 fully saturated rings. The molecule has 132 valence electrons. The standard InChI is InChI=1S/C19H23N3O2S/c1-3-16-17(25-12(2)21-16)19(24)22-8-7-14(11-22)9-13-5-4-6-15(10-13)18(20)23/h4-6,10,14H,3,7-9,11H2,1-2H3,(H2,20,23)/t14-/m0/s1. The number of benzene rings is 1. The molecule has 0 saturated carbocycles. The second-order valence-corrected chi connectivity index (χ2v) is 7.74. The monoisotopic (exact) mass is 357 g/mol. The molecule has 5 nitrogen and oxygen atoms in total. The van der Waals surface area contributed by atoms with E-state index in [1.54, 1.807) is 6.07 Å². The maximum Gasteiger partial charge on any atom is 0.265 e. The Labute approximate surface area is 151 Å². The van der Waals surface area contributed by atoms with Crippen molar-refractivity contribution in [3.05, 3.63) is 51.0 Å². The molecule has 25 heavy (non-hydrogen) atoms. The van der Waals surface area contributed by atoms with Gasteiger partial charge in [0.2, 0.25) is 5.91 Å². The molecule has 0 bridgehead atoms. The van der Waals surface area contributed by atoms with Crippen molar-refractivity contribution < 1.29 is 9.59 Å². The van der Waals surface area contributed by atoms with Gasteiger partial charge in [0.25, 0.3) is 5.91 Å². The molecule has 1 aromatic carbocycles. The lowest BCUT2D eigenvalue weighted by Gasteiger charge is -2.16. The second-order valence-electron chi connectivity index (χ2n) is 6.54. The van der Waals surface area contributed by atoms with Crippen LogP contribution in [0.15, 0.2) is 24.3 Å². The van der Waals surface area contributed by atoms with Crippen molar-refractivity contribution in [3.8, 4) is 0 Å². The first-order chi connectivity index (χ1) is 12.0. The first-order valence-corrected chi connectivity index (χ1v) is 9.44. The molecule has 2 heterocycles. The number of nitrogens with zero attached hydrogens (tertiary/aromatic N) is 2. The van der Waals surface area contributed by atoms with Gasteiger partial charge in [-0.05, 0) is 49.8 Å². The van der Waals surface area contributed by atoms with E-state index >= 15 is 0 Å². The Kier molecular flexibility index (Phi) is 5.18. The minimum atomic E-state index is -0.405. The van der Waals surface area contributed by atoms with Gasteiger partial charge in [-0.2, -0.15) is 0 Å². The van der Waals surface area contributed by atoms with Crippen molar-refractivity contribution in [3.63, 3.8) is 0 Å². The summed E-state index contributed by atoms with van der Waals surface area (Å²) in [5, 5.41) is 0.944. The summed E-state index contributed by atoms with van der Waals surface area (Å²) >= 11 is 1.49. The maximum atomic E-state index is 12.8. The maximum absolute atomic E-state index is 12.8. The molecule has 0 unspecified atom stereocenters. The van der Waals surface area contributed by atoms with E-state index in [2.05, 4.69) is 4.98 Å². The number of hydrogen-bond acceptors (Lipinski definition) is 4. The summed E-state index contributed by atoms with van der Waals surface area (Å²) in [5.74, 6) is 0.111. The van der Waals surface area contributed by atoms with Crippen LogP contribution in [-0.4, -0.2) is 34.8 Å². The highest BCUT2D eigenvalue weighted by Crippen LogP contribution is 2.26. The third-order valence-corrected chi connectivity index (χ3v) is 5.64. The van der Waals surface area contributed by atoms with E-state index in [-0.39, 0.29) is 5.91 Å². The van der Waals surface area contributed by atoms with Gasteiger partial charge in [-0.1, -0.05) is 19.1 Å². The number of likely N-dealkylation sites (tertiary alicyclic amines) is 1. The Bertz CT molecular complexity index is 800. The molecule has 2 amide bonds. The van der Waals surface area contributed by atoms with Crippen LogP contribution in [0.2, 0.25) is 0 Å². The van der Waals surface area contributed by atoms with Crippen molar-refractivity contribution in [2.75, 3.05) is 13.1 Å². The van der Waals surface area contributed by atoms with Crippen molar-refractivity contribution >= 4 is 23.2 Å². The highest BCUT2D eigenvalue weighted by molar-refractivity contribution is 7.13. The largest absolute Gasteiger partial charge is 0.366 e. The van der Waals surface area contributed by atoms with Gasteiger partial charge in [0.05, 0.1) is 10.7 Å². The third kappa shape index (κ3) is 3.90. The molecule has 0 spiro atoms. The molecule has 3 rings (SSSR count). The van der Waals surface area contributed by atoms with E-state index in [9.17, 15) is 9.59 Å². The van der Waals surface area contributed by atoms with Gasteiger partial charge in [0, 0.05) is 18.7 Å². The zero-order valence-electron chi connectivity index (χ0n) is 14.6. The quantitative estimate of drug-likeness (QED) is 0.894. The van der Waals surface area contributed by atoms with Crippen LogP contribution < -0.4 is 5.73 Å². The SMILES string of the molecule is CCc1nc(C)sc1C(=O)N1CC[C@@H](Cc2cccc(C(N)=O)c2)C1. The van der Waals surface area contributed by atoms with E-state index < -0.39 is 5.91 Å². The normalized spacial score (nSPS) is 17.0. The molecule has 1 aliphatic heterocycles. The lowest BCUT2D eigenvalue weighted by Crippen LogP contribution is -2.29. The molecule has 2 N–H and O–H groups in total. The van der Waals surface area contributed by atoms with Gasteiger partial charge in [0.15, 0.2) is 0 Å². The number of nitrogens with two attached hydrogens (primary N) is 1. The first kappa shape index (κ1) is 17.6. The number of rotatable bonds is 5. The van der Waals surface area contributed by atoms with Gasteiger partial charge < -0.3 is 10.6 Å². The summed E-state index contributed by atoms with van der Waals surface area (Å²) in [7, 11) is 0. The van der Waals surface area contributed by atoms with Gasteiger partial charge in [-0.3, -0.25) is 9.59 Å². The summed E-state index contributed by atoms with van der Waals surface area (Å²) in [5.41, 5.74) is 7.89. The van der Waals surface area contributed by atoms with Gasteiger partial charge in [-0.15, -0.1) is 11.3 Å². The topological polar surface area (TPSA) is 76.3 Å². The zero-order chi connectivity index (χ0) is 18.0. The van der Waals surface area contributed by atoms with Crippen LogP contribution in [0.25, 0.3) is 0 Å². The van der Waals surface area contributed by atoms with Crippen LogP contribution in [0.3, 0.4) is 0 Å². The van der Waals surface area contributed by atoms with Gasteiger partial charge in [0.1, 0.15) is 4.88 Å². The van der Waals surface area contributed by atoms with Crippen LogP contribution in [-0.2, 0) is 12.8 Å². The Morgan fingerprint density at radius 2 is 2.20 bits per heavy atom. The lowest BCUT2D eigenvalue weighted by molar-refractivity contribution is 0.0790. The summed E-state index contributed by atoms with van der Waals surface area (Å²) < 4.78 is 0. The highest BCUT2D eigenvalue weighted by atomic mass is 32.1. The molecular weight excluding hydrogens is 334 g/mol. The van der Waals surface area contributed by atoms with E-state index in [4.69, 9.17) is 5.73 Å². The summed E-state index contributed by atoms with van der Waals surface area (Å²) in [6, 6.07) is 7.46. The Morgan fingerprint density at radius 1 is 1.40 bits per heavy atom. The Balaban J connectivity index is 1.66. The zero-order valence-corrected chi connectivity index (χ0v) is 15.4. The van der Waals surface area contributed by atoms with E-state index in [1.165, 1.54) is 11.3 Å². The van der Waals surface area contributed by atoms with Crippen LogP contribution in [0, 0.1) is 12.8 Å². The number of thiazole rings is 1. The van der Waals surface area contributed by atoms with Crippen molar-refractivity contribution in [2.24, 2.45) is 11.7 Å². The molecule has 1 aliphatic rings. The number of amides is 2. The fourth-order valence-corrected chi connectivity index (χ4v) is 4.36. The average molecular weight is 357 g/mol. The smallest absolute Gasteiger partial charge is 0.265 e. The van der Waals surface area contributed by atoms with Crippen molar-refractivity contribution in [1.29, 1.82) is 0 Å². The summed E-state index contributed by atoms with van der Waals surface area (Å²) in [4.78, 5) is 31.3. The lowest BCUT2D eigenvalue weighted by atomic mass is 9.97. The number of carbonyl (C=O) groups is 2. The van der Waals surface area contributed by atoms with E-state index in [0.29, 0.717) is 11.5 Å². The van der Waals surface area contributed by atoms with E-state index in [1.807, 2.05) is 36.9 Å². The van der Waals surface area contributed by atoms with Crippen LogP contribution in [0.4, 0.5) is 0 Å². The summed E-state index contributed by atoms with van der Waals surface area (Å²) in [6.07, 6.45) is 2.61. The van der Waals surface area contributed by atoms with E-state index in [0.717, 1.165) is 53.5 Å². The summed E-state index contributed by atoms with van der Waals surface area (Å²) in [6.45, 7) is 5.50. The number of primary amides is 1.